The summed E-state index contributed by atoms with van der Waals surface area (Å²) in [5, 5.41) is 5.99. The molecule has 1 aromatic heterocycles. The maximum absolute atomic E-state index is 12.3. The van der Waals surface area contributed by atoms with Crippen LogP contribution in [0.2, 0.25) is 0 Å². The van der Waals surface area contributed by atoms with Crippen LogP contribution in [-0.4, -0.2) is 35.0 Å². The highest BCUT2D eigenvalue weighted by Gasteiger charge is 2.17. The molecule has 1 heterocycles. The summed E-state index contributed by atoms with van der Waals surface area (Å²) in [7, 11) is 1.29. The number of aromatic nitrogens is 2. The Bertz CT molecular complexity index is 755. The molecule has 0 bridgehead atoms. The van der Waals surface area contributed by atoms with E-state index in [1.807, 2.05) is 0 Å². The van der Waals surface area contributed by atoms with Crippen molar-refractivity contribution in [3.05, 3.63) is 47.9 Å². The van der Waals surface area contributed by atoms with Gasteiger partial charge in [0.1, 0.15) is 11.5 Å². The first-order valence-electron chi connectivity index (χ1n) is 8.24. The number of esters is 1. The molecule has 2 N–H and O–H groups in total. The lowest BCUT2D eigenvalue weighted by molar-refractivity contribution is 0.0602. The molecule has 0 unspecified atom stereocenters. The van der Waals surface area contributed by atoms with E-state index in [2.05, 4.69) is 20.6 Å². The second-order valence-electron chi connectivity index (χ2n) is 5.90. The number of methoxy groups -OCH3 is 1. The third-order valence-corrected chi connectivity index (χ3v) is 4.17. The Morgan fingerprint density at radius 2 is 1.88 bits per heavy atom. The number of carbonyl (C=O) groups is 2. The quantitative estimate of drug-likeness (QED) is 0.813. The monoisotopic (exact) mass is 340 g/mol. The second-order valence-corrected chi connectivity index (χ2v) is 5.90. The van der Waals surface area contributed by atoms with Crippen molar-refractivity contribution in [3.63, 3.8) is 0 Å². The van der Waals surface area contributed by atoms with Crippen LogP contribution in [-0.2, 0) is 4.74 Å². The first kappa shape index (κ1) is 16.9. The number of hydrogen-bond acceptors (Lipinski definition) is 6. The van der Waals surface area contributed by atoms with Gasteiger partial charge in [-0.1, -0.05) is 25.0 Å². The fraction of sp³-hybridized carbons (Fsp3) is 0.333. The molecule has 7 nitrogen and oxygen atoms in total. The number of nitrogens with one attached hydrogen (secondary N) is 2. The summed E-state index contributed by atoms with van der Waals surface area (Å²) in [6, 6.07) is 7.07. The largest absolute Gasteiger partial charge is 0.465 e. The van der Waals surface area contributed by atoms with Gasteiger partial charge in [0.05, 0.1) is 30.8 Å². The average molecular weight is 340 g/mol. The van der Waals surface area contributed by atoms with Gasteiger partial charge in [-0.25, -0.2) is 14.8 Å². The van der Waals surface area contributed by atoms with Gasteiger partial charge in [0.15, 0.2) is 0 Å². The third kappa shape index (κ3) is 4.12. The summed E-state index contributed by atoms with van der Waals surface area (Å²) in [6.07, 6.45) is 7.70. The molecule has 0 saturated heterocycles. The zero-order chi connectivity index (χ0) is 17.6. The van der Waals surface area contributed by atoms with E-state index in [0.29, 0.717) is 17.5 Å². The van der Waals surface area contributed by atoms with Gasteiger partial charge in [-0.15, -0.1) is 0 Å². The van der Waals surface area contributed by atoms with Gasteiger partial charge in [0.2, 0.25) is 0 Å². The minimum absolute atomic E-state index is 0.177. The number of anilines is 2. The molecule has 1 aliphatic carbocycles. The summed E-state index contributed by atoms with van der Waals surface area (Å²) in [6.45, 7) is 0. The van der Waals surface area contributed by atoms with E-state index >= 15 is 0 Å². The molecule has 25 heavy (non-hydrogen) atoms. The van der Waals surface area contributed by atoms with E-state index in [1.165, 1.54) is 26.1 Å². The van der Waals surface area contributed by atoms with Gasteiger partial charge < -0.3 is 15.4 Å². The minimum Gasteiger partial charge on any atom is -0.465 e. The van der Waals surface area contributed by atoms with E-state index < -0.39 is 11.9 Å². The Labute approximate surface area is 145 Å². The molecule has 0 spiro atoms. The summed E-state index contributed by atoms with van der Waals surface area (Å²) < 4.78 is 4.72. The van der Waals surface area contributed by atoms with E-state index in [9.17, 15) is 9.59 Å². The van der Waals surface area contributed by atoms with Gasteiger partial charge in [0.25, 0.3) is 5.91 Å². The minimum atomic E-state index is -0.516. The van der Waals surface area contributed by atoms with Crippen molar-refractivity contribution < 1.29 is 14.3 Å². The van der Waals surface area contributed by atoms with Crippen LogP contribution in [0.5, 0.6) is 0 Å². The summed E-state index contributed by atoms with van der Waals surface area (Å²) >= 11 is 0. The van der Waals surface area contributed by atoms with Gasteiger partial charge in [-0.3, -0.25) is 4.79 Å². The molecule has 7 heteroatoms. The number of benzene rings is 1. The topological polar surface area (TPSA) is 93.2 Å². The smallest absolute Gasteiger partial charge is 0.339 e. The van der Waals surface area contributed by atoms with Crippen LogP contribution in [0, 0.1) is 0 Å². The van der Waals surface area contributed by atoms with Crippen LogP contribution in [0.1, 0.15) is 46.5 Å². The summed E-state index contributed by atoms with van der Waals surface area (Å²) in [5.74, 6) is -0.284. The van der Waals surface area contributed by atoms with E-state index in [4.69, 9.17) is 4.74 Å². The number of ether oxygens (including phenoxy) is 1. The Morgan fingerprint density at radius 1 is 1.12 bits per heavy atom. The van der Waals surface area contributed by atoms with E-state index in [-0.39, 0.29) is 11.3 Å². The summed E-state index contributed by atoms with van der Waals surface area (Å²) in [5.41, 5.74) is 0.830. The molecule has 0 atom stereocenters. The van der Waals surface area contributed by atoms with Gasteiger partial charge >= 0.3 is 5.97 Å². The molecular formula is C18H20N4O3. The standard InChI is InChI=1S/C18H20N4O3/c1-25-18(24)13-8-4-5-9-14(13)22-17(23)15-10-20-16(11-19-15)21-12-6-2-3-7-12/h4-5,8-12H,2-3,6-7H2,1H3,(H,20,21)(H,22,23). The van der Waals surface area contributed by atoms with Crippen molar-refractivity contribution in [1.82, 2.24) is 9.97 Å². The first-order chi connectivity index (χ1) is 12.2. The highest BCUT2D eigenvalue weighted by atomic mass is 16.5. The van der Waals surface area contributed by atoms with Crippen molar-refractivity contribution in [1.29, 1.82) is 0 Å². The molecule has 0 radical (unpaired) electrons. The zero-order valence-electron chi connectivity index (χ0n) is 14.0. The Kier molecular flexibility index (Phi) is 5.23. The van der Waals surface area contributed by atoms with E-state index in [0.717, 1.165) is 12.8 Å². The SMILES string of the molecule is COC(=O)c1ccccc1NC(=O)c1cnc(NC2CCCC2)cn1. The Hall–Kier alpha value is -2.96. The Balaban J connectivity index is 1.68. The van der Waals surface area contributed by atoms with Crippen LogP contribution in [0.15, 0.2) is 36.7 Å². The molecular weight excluding hydrogens is 320 g/mol. The summed E-state index contributed by atoms with van der Waals surface area (Å²) in [4.78, 5) is 32.5. The number of hydrogen-bond donors (Lipinski definition) is 2. The lowest BCUT2D eigenvalue weighted by Crippen LogP contribution is -2.18. The van der Waals surface area contributed by atoms with Crippen molar-refractivity contribution in [2.24, 2.45) is 0 Å². The molecule has 130 valence electrons. The van der Waals surface area contributed by atoms with Gasteiger partial charge in [0, 0.05) is 6.04 Å². The van der Waals surface area contributed by atoms with Crippen molar-refractivity contribution in [2.45, 2.75) is 31.7 Å². The molecule has 1 aromatic carbocycles. The number of amides is 1. The van der Waals surface area contributed by atoms with Crippen LogP contribution in [0.25, 0.3) is 0 Å². The maximum Gasteiger partial charge on any atom is 0.339 e. The van der Waals surface area contributed by atoms with E-state index in [1.54, 1.807) is 30.5 Å². The van der Waals surface area contributed by atoms with Crippen molar-refractivity contribution >= 4 is 23.4 Å². The molecule has 1 aliphatic rings. The molecule has 0 aliphatic heterocycles. The predicted octanol–water partition coefficient (Wildman–Crippen LogP) is 2.87. The average Bonchev–Trinajstić information content (AvgIpc) is 3.15. The lowest BCUT2D eigenvalue weighted by Gasteiger charge is -2.12. The fourth-order valence-corrected chi connectivity index (χ4v) is 2.87. The van der Waals surface area contributed by atoms with Gasteiger partial charge in [-0.2, -0.15) is 0 Å². The number of para-hydroxylation sites is 1. The van der Waals surface area contributed by atoms with Gasteiger partial charge in [-0.05, 0) is 25.0 Å². The molecule has 1 fully saturated rings. The van der Waals surface area contributed by atoms with Crippen LogP contribution in [0.4, 0.5) is 11.5 Å². The Morgan fingerprint density at radius 3 is 2.56 bits per heavy atom. The van der Waals surface area contributed by atoms with Crippen LogP contribution >= 0.6 is 0 Å². The highest BCUT2D eigenvalue weighted by molar-refractivity contribution is 6.06. The lowest BCUT2D eigenvalue weighted by atomic mass is 10.1. The molecule has 2 aromatic rings. The zero-order valence-corrected chi connectivity index (χ0v) is 14.0. The predicted molar refractivity (Wildman–Crippen MR) is 93.6 cm³/mol. The normalized spacial score (nSPS) is 14.1. The number of nitrogens with zero attached hydrogens (tertiary/aromatic N) is 2. The maximum atomic E-state index is 12.3. The molecule has 1 amide bonds. The second kappa shape index (κ2) is 7.74. The first-order valence-corrected chi connectivity index (χ1v) is 8.24. The highest BCUT2D eigenvalue weighted by Crippen LogP contribution is 2.21. The third-order valence-electron chi connectivity index (χ3n) is 4.17. The number of rotatable bonds is 5. The molecule has 1 saturated carbocycles. The number of carbonyl (C=O) groups excluding carboxylic acids is 2. The van der Waals surface area contributed by atoms with Crippen molar-refractivity contribution in [2.75, 3.05) is 17.7 Å². The van der Waals surface area contributed by atoms with Crippen molar-refractivity contribution in [3.8, 4) is 0 Å². The van der Waals surface area contributed by atoms with Crippen LogP contribution in [0.3, 0.4) is 0 Å². The fourth-order valence-electron chi connectivity index (χ4n) is 2.87. The molecule has 3 rings (SSSR count). The van der Waals surface area contributed by atoms with Crippen LogP contribution < -0.4 is 10.6 Å².